The Labute approximate surface area is 43.8 Å². The molecule has 0 amide bonds. The van der Waals surface area contributed by atoms with E-state index in [9.17, 15) is 4.20 Å². The van der Waals surface area contributed by atoms with Gasteiger partial charge in [-0.1, -0.05) is 0 Å². The molecule has 0 saturated heterocycles. The second-order valence-electron chi connectivity index (χ2n) is 0.431. The molecule has 0 aliphatic carbocycles. The van der Waals surface area contributed by atoms with Crippen molar-refractivity contribution in [2.45, 2.75) is 0 Å². The van der Waals surface area contributed by atoms with Crippen molar-refractivity contribution in [1.29, 1.82) is 0 Å². The van der Waals surface area contributed by atoms with Crippen LogP contribution in [0, 0.1) is 0 Å². The average molecular weight is 157 g/mol. The zero-order chi connectivity index (χ0) is 4.50. The first kappa shape index (κ1) is 9.76. The maximum absolute atomic E-state index is 10.1. The molecule has 0 radical (unpaired) electrons. The fraction of sp³-hybridized carbons (Fsp3) is 0. The molecule has 0 aliphatic heterocycles. The van der Waals surface area contributed by atoms with E-state index in [4.69, 9.17) is 14.4 Å². The number of halogens is 1. The summed E-state index contributed by atoms with van der Waals surface area (Å²) in [5, 5.41) is 0. The Balaban J connectivity index is 0. The summed E-state index contributed by atoms with van der Waals surface area (Å²) in [7, 11) is -5.64. The first-order chi connectivity index (χ1) is 2.00. The molecule has 0 N–H and O–H groups in total. The summed E-state index contributed by atoms with van der Waals surface area (Å²) in [6, 6.07) is 0. The Bertz CT molecular complexity index is 56.9. The van der Waals surface area contributed by atoms with Gasteiger partial charge in [0, 0.05) is 0 Å². The molecule has 0 aromatic rings. The minimum Gasteiger partial charge on any atom is -0.786 e. The maximum Gasteiger partial charge on any atom is 2.00 e. The van der Waals surface area contributed by atoms with E-state index in [1.807, 2.05) is 0 Å². The van der Waals surface area contributed by atoms with Crippen LogP contribution in [0.4, 0.5) is 4.20 Å². The maximum atomic E-state index is 10.1. The van der Waals surface area contributed by atoms with Gasteiger partial charge in [-0.25, -0.2) is 4.20 Å². The predicted molar refractivity (Wildman–Crippen MR) is 8.71 cm³/mol. The van der Waals surface area contributed by atoms with Gasteiger partial charge in [-0.3, -0.25) is 0 Å². The number of rotatable bonds is 0. The topological polar surface area (TPSA) is 63.2 Å². The molecule has 0 spiro atoms. The standard InChI is InChI=1S/FH2O3P.Ni/c1-5(2,3)4;/h(H2,2,3,4);/q;+2/p-2. The molecule has 0 unspecified atom stereocenters. The molecule has 0 aromatic heterocycles. The van der Waals surface area contributed by atoms with Crippen molar-refractivity contribution in [3.05, 3.63) is 0 Å². The van der Waals surface area contributed by atoms with Gasteiger partial charge < -0.3 is 14.4 Å². The van der Waals surface area contributed by atoms with Gasteiger partial charge in [-0.2, -0.15) is 0 Å². The van der Waals surface area contributed by atoms with E-state index in [0.29, 0.717) is 0 Å². The second-order valence-corrected chi connectivity index (χ2v) is 1.29. The Hall–Kier alpha value is 0.574. The van der Waals surface area contributed by atoms with Gasteiger partial charge in [-0.05, 0) is 0 Å². The van der Waals surface area contributed by atoms with Crippen LogP contribution in [0.2, 0.25) is 0 Å². The van der Waals surface area contributed by atoms with Crippen molar-refractivity contribution in [3.8, 4) is 0 Å². The van der Waals surface area contributed by atoms with Gasteiger partial charge in [0.2, 0.25) is 0 Å². The van der Waals surface area contributed by atoms with Crippen LogP contribution in [0.3, 0.4) is 0 Å². The molecule has 0 rings (SSSR count). The van der Waals surface area contributed by atoms with Crippen LogP contribution in [-0.4, -0.2) is 0 Å². The molecule has 0 aromatic carbocycles. The minimum atomic E-state index is -5.64. The Morgan fingerprint density at radius 3 is 1.50 bits per heavy atom. The van der Waals surface area contributed by atoms with E-state index in [-0.39, 0.29) is 16.5 Å². The quantitative estimate of drug-likeness (QED) is 0.326. The normalized spacial score (nSPS) is 9.83. The molecular weight excluding hydrogens is 157 g/mol. The summed E-state index contributed by atoms with van der Waals surface area (Å²) in [5.41, 5.74) is 0. The monoisotopic (exact) mass is 156 g/mol. The zero-order valence-corrected chi connectivity index (χ0v) is 4.25. The first-order valence-electron chi connectivity index (χ1n) is 0.717. The van der Waals surface area contributed by atoms with Gasteiger partial charge in [0.15, 0.2) is 0 Å². The molecule has 6 heavy (non-hydrogen) atoms. The molecule has 3 nitrogen and oxygen atoms in total. The Morgan fingerprint density at radius 1 is 1.50 bits per heavy atom. The molecule has 0 fully saturated rings. The molecule has 0 atom stereocenters. The summed E-state index contributed by atoms with van der Waals surface area (Å²) < 4.78 is 18.6. The van der Waals surface area contributed by atoms with Crippen LogP contribution in [0.25, 0.3) is 0 Å². The van der Waals surface area contributed by atoms with E-state index in [1.165, 1.54) is 0 Å². The van der Waals surface area contributed by atoms with Gasteiger partial charge in [-0.15, -0.1) is 0 Å². The van der Waals surface area contributed by atoms with Crippen molar-refractivity contribution in [1.82, 2.24) is 0 Å². The summed E-state index contributed by atoms with van der Waals surface area (Å²) in [5.74, 6) is 0. The molecule has 0 bridgehead atoms. The van der Waals surface area contributed by atoms with Crippen molar-refractivity contribution in [2.75, 3.05) is 0 Å². The molecular formula is FNiO3P. The Kier molecular flexibility index (Phi) is 4.39. The second kappa shape index (κ2) is 2.70. The van der Waals surface area contributed by atoms with Crippen LogP contribution >= 0.6 is 7.91 Å². The van der Waals surface area contributed by atoms with Crippen molar-refractivity contribution in [2.24, 2.45) is 0 Å². The van der Waals surface area contributed by atoms with E-state index in [0.717, 1.165) is 0 Å². The average Bonchev–Trinajstić information content (AvgIpc) is 0.722. The van der Waals surface area contributed by atoms with E-state index < -0.39 is 7.91 Å². The van der Waals surface area contributed by atoms with Crippen molar-refractivity contribution >= 4 is 7.91 Å². The molecule has 6 heteroatoms. The summed E-state index contributed by atoms with van der Waals surface area (Å²) in [4.78, 5) is 16.9. The third-order valence-corrected chi connectivity index (χ3v) is 0. The summed E-state index contributed by atoms with van der Waals surface area (Å²) >= 11 is 0. The number of hydrogen-bond acceptors (Lipinski definition) is 3. The number of hydrogen-bond donors (Lipinski definition) is 0. The minimum absolute atomic E-state index is 0. The van der Waals surface area contributed by atoms with Gasteiger partial charge >= 0.3 is 16.5 Å². The molecule has 40 valence electrons. The summed E-state index contributed by atoms with van der Waals surface area (Å²) in [6.07, 6.45) is 0. The third kappa shape index (κ3) is 178. The first-order valence-corrected chi connectivity index (χ1v) is 2.15. The molecule has 0 saturated carbocycles. The third-order valence-electron chi connectivity index (χ3n) is 0. The van der Waals surface area contributed by atoms with Crippen molar-refractivity contribution in [3.63, 3.8) is 0 Å². The predicted octanol–water partition coefficient (Wildman–Crippen LogP) is -1.22. The fourth-order valence-electron chi connectivity index (χ4n) is 0. The van der Waals surface area contributed by atoms with Crippen LogP contribution in [0.5, 0.6) is 0 Å². The smallest absolute Gasteiger partial charge is 0.786 e. The van der Waals surface area contributed by atoms with Gasteiger partial charge in [0.05, 0.1) is 0 Å². The Morgan fingerprint density at radius 2 is 1.50 bits per heavy atom. The molecule has 0 aliphatic rings. The van der Waals surface area contributed by atoms with Crippen LogP contribution in [0.15, 0.2) is 0 Å². The molecule has 0 heterocycles. The van der Waals surface area contributed by atoms with Gasteiger partial charge in [0.1, 0.15) is 7.91 Å². The van der Waals surface area contributed by atoms with Crippen LogP contribution < -0.4 is 9.79 Å². The van der Waals surface area contributed by atoms with Gasteiger partial charge in [0.25, 0.3) is 0 Å². The van der Waals surface area contributed by atoms with E-state index in [1.54, 1.807) is 0 Å². The fourth-order valence-corrected chi connectivity index (χ4v) is 0. The van der Waals surface area contributed by atoms with Crippen molar-refractivity contribution < 1.29 is 35.0 Å². The zero-order valence-electron chi connectivity index (χ0n) is 2.37. The largest absolute Gasteiger partial charge is 2.00 e. The summed E-state index contributed by atoms with van der Waals surface area (Å²) in [6.45, 7) is 0. The van der Waals surface area contributed by atoms with Crippen LogP contribution in [-0.2, 0) is 21.1 Å². The van der Waals surface area contributed by atoms with E-state index >= 15 is 0 Å². The SMILES string of the molecule is O=P([O-])([O-])F.[Ni+2]. The van der Waals surface area contributed by atoms with E-state index in [2.05, 4.69) is 0 Å². The van der Waals surface area contributed by atoms with Crippen LogP contribution in [0.1, 0.15) is 0 Å².